The molecule has 0 aromatic carbocycles. The number of pyridine rings is 2. The number of amides is 1. The second-order valence-electron chi connectivity index (χ2n) is 5.66. The van der Waals surface area contributed by atoms with Gasteiger partial charge in [-0.3, -0.25) is 9.78 Å². The van der Waals surface area contributed by atoms with Crippen LogP contribution in [0.2, 0.25) is 0 Å². The fourth-order valence-corrected chi connectivity index (χ4v) is 2.75. The zero-order valence-electron chi connectivity index (χ0n) is 12.6. The quantitative estimate of drug-likeness (QED) is 0.873. The second-order valence-corrected chi connectivity index (χ2v) is 5.66. The molecule has 2 heterocycles. The Hall–Kier alpha value is -2.37. The summed E-state index contributed by atoms with van der Waals surface area (Å²) in [5.74, 6) is -0.0424. The molecule has 1 aliphatic carbocycles. The van der Waals surface area contributed by atoms with Crippen molar-refractivity contribution in [3.63, 3.8) is 0 Å². The van der Waals surface area contributed by atoms with Crippen LogP contribution < -0.4 is 5.32 Å². The van der Waals surface area contributed by atoms with Crippen LogP contribution >= 0.6 is 0 Å². The zero-order valence-corrected chi connectivity index (χ0v) is 12.6. The predicted octanol–water partition coefficient (Wildman–Crippen LogP) is 3.94. The van der Waals surface area contributed by atoms with Crippen molar-refractivity contribution in [1.29, 1.82) is 0 Å². The Morgan fingerprint density at radius 2 is 1.83 bits per heavy atom. The molecule has 2 aromatic rings. The molecule has 1 N–H and O–H groups in total. The Labute approximate surface area is 133 Å². The summed E-state index contributed by atoms with van der Waals surface area (Å²) in [6.45, 7) is 0. The lowest BCUT2D eigenvalue weighted by Crippen LogP contribution is -2.14. The maximum Gasteiger partial charge on any atom is 0.265 e. The molecule has 0 unspecified atom stereocenters. The van der Waals surface area contributed by atoms with Crippen molar-refractivity contribution in [2.24, 2.45) is 0 Å². The summed E-state index contributed by atoms with van der Waals surface area (Å²) in [5, 5.41) is 2.66. The number of hydrogen-bond acceptors (Lipinski definition) is 3. The van der Waals surface area contributed by atoms with Gasteiger partial charge in [0.15, 0.2) is 0 Å². The number of anilines is 1. The molecule has 0 bridgehead atoms. The molecule has 0 saturated carbocycles. The Bertz CT molecular complexity index is 719. The number of nitrogens with zero attached hydrogens (tertiary/aromatic N) is 2. The lowest BCUT2D eigenvalue weighted by Gasteiger charge is -2.09. The topological polar surface area (TPSA) is 54.9 Å². The summed E-state index contributed by atoms with van der Waals surface area (Å²) in [6, 6.07) is 3.03. The van der Waals surface area contributed by atoms with Gasteiger partial charge in [-0.2, -0.15) is 0 Å². The first-order chi connectivity index (χ1) is 11.1. The molecule has 23 heavy (non-hydrogen) atoms. The van der Waals surface area contributed by atoms with Crippen LogP contribution in [0.15, 0.2) is 30.7 Å². The summed E-state index contributed by atoms with van der Waals surface area (Å²) in [4.78, 5) is 20.1. The van der Waals surface area contributed by atoms with Crippen LogP contribution in [0.1, 0.15) is 52.7 Å². The van der Waals surface area contributed by atoms with Gasteiger partial charge in [0.25, 0.3) is 12.3 Å². The van der Waals surface area contributed by atoms with E-state index in [0.717, 1.165) is 37.9 Å². The van der Waals surface area contributed by atoms with Crippen molar-refractivity contribution >= 4 is 11.7 Å². The molecule has 0 aliphatic heterocycles. The van der Waals surface area contributed by atoms with Crippen LogP contribution in [0.3, 0.4) is 0 Å². The molecule has 0 radical (unpaired) electrons. The minimum atomic E-state index is -2.65. The van der Waals surface area contributed by atoms with Crippen molar-refractivity contribution in [3.05, 3.63) is 53.0 Å². The Morgan fingerprint density at radius 3 is 2.61 bits per heavy atom. The molecule has 0 spiro atoms. The number of carbonyl (C=O) groups is 1. The normalized spacial score (nSPS) is 14.2. The third-order valence-corrected chi connectivity index (χ3v) is 3.99. The minimum absolute atomic E-state index is 0.0968. The van der Waals surface area contributed by atoms with Gasteiger partial charge in [-0.15, -0.1) is 0 Å². The van der Waals surface area contributed by atoms with Crippen LogP contribution in [0.25, 0.3) is 0 Å². The molecule has 0 atom stereocenters. The summed E-state index contributed by atoms with van der Waals surface area (Å²) >= 11 is 0. The number of rotatable bonds is 3. The number of fused-ring (bicyclic) bond motifs is 1. The van der Waals surface area contributed by atoms with Crippen molar-refractivity contribution in [2.75, 3.05) is 5.32 Å². The zero-order chi connectivity index (χ0) is 16.2. The van der Waals surface area contributed by atoms with E-state index in [0.29, 0.717) is 5.82 Å². The first-order valence-electron chi connectivity index (χ1n) is 7.66. The second kappa shape index (κ2) is 6.81. The first kappa shape index (κ1) is 15.5. The maximum absolute atomic E-state index is 12.7. The molecule has 1 amide bonds. The van der Waals surface area contributed by atoms with Gasteiger partial charge in [0, 0.05) is 24.2 Å². The van der Waals surface area contributed by atoms with Crippen molar-refractivity contribution in [1.82, 2.24) is 9.97 Å². The molecule has 120 valence electrons. The molecule has 2 aromatic heterocycles. The van der Waals surface area contributed by atoms with Crippen LogP contribution in [0.5, 0.6) is 0 Å². The van der Waals surface area contributed by atoms with Gasteiger partial charge in [0.1, 0.15) is 5.82 Å². The van der Waals surface area contributed by atoms with E-state index < -0.39 is 12.3 Å². The van der Waals surface area contributed by atoms with E-state index >= 15 is 0 Å². The fourth-order valence-electron chi connectivity index (χ4n) is 2.75. The molecule has 3 rings (SSSR count). The van der Waals surface area contributed by atoms with E-state index in [-0.39, 0.29) is 11.1 Å². The van der Waals surface area contributed by atoms with E-state index in [9.17, 15) is 13.6 Å². The average Bonchev–Trinajstić information content (AvgIpc) is 2.79. The van der Waals surface area contributed by atoms with Gasteiger partial charge in [-0.1, -0.05) is 6.42 Å². The number of halogens is 2. The van der Waals surface area contributed by atoms with E-state index in [1.807, 2.05) is 6.07 Å². The fraction of sp³-hybridized carbons (Fsp3) is 0.353. The lowest BCUT2D eigenvalue weighted by atomic mass is 10.1. The largest absolute Gasteiger partial charge is 0.307 e. The Balaban J connectivity index is 1.77. The standard InChI is InChI=1S/C17H17F2N3O/c18-16(19)13-6-14(9-20-8-13)17(23)22-15-7-11-4-2-1-3-5-12(11)10-21-15/h6-10,16H,1-5H2,(H,21,22,23). The molecule has 6 heteroatoms. The Kier molecular flexibility index (Phi) is 4.60. The van der Waals surface area contributed by atoms with Gasteiger partial charge in [-0.25, -0.2) is 13.8 Å². The van der Waals surface area contributed by atoms with Crippen molar-refractivity contribution in [3.8, 4) is 0 Å². The summed E-state index contributed by atoms with van der Waals surface area (Å²) in [5.41, 5.74) is 2.25. The number of nitrogens with one attached hydrogen (secondary N) is 1. The molecular weight excluding hydrogens is 300 g/mol. The van der Waals surface area contributed by atoms with Gasteiger partial charge in [-0.05, 0) is 48.9 Å². The highest BCUT2D eigenvalue weighted by Gasteiger charge is 2.14. The first-order valence-corrected chi connectivity index (χ1v) is 7.66. The number of alkyl halides is 2. The lowest BCUT2D eigenvalue weighted by molar-refractivity contribution is 0.102. The number of aryl methyl sites for hydroxylation is 2. The molecule has 4 nitrogen and oxygen atoms in total. The summed E-state index contributed by atoms with van der Waals surface area (Å²) < 4.78 is 25.4. The van der Waals surface area contributed by atoms with Crippen LogP contribution in [-0.2, 0) is 12.8 Å². The smallest absolute Gasteiger partial charge is 0.265 e. The predicted molar refractivity (Wildman–Crippen MR) is 82.6 cm³/mol. The van der Waals surface area contributed by atoms with E-state index in [4.69, 9.17) is 0 Å². The van der Waals surface area contributed by atoms with E-state index in [2.05, 4.69) is 15.3 Å². The van der Waals surface area contributed by atoms with Gasteiger partial charge < -0.3 is 5.32 Å². The highest BCUT2D eigenvalue weighted by molar-refractivity contribution is 6.03. The van der Waals surface area contributed by atoms with Gasteiger partial charge in [0.05, 0.1) is 5.56 Å². The van der Waals surface area contributed by atoms with Crippen LogP contribution in [0.4, 0.5) is 14.6 Å². The Morgan fingerprint density at radius 1 is 1.04 bits per heavy atom. The third-order valence-electron chi connectivity index (χ3n) is 3.99. The van der Waals surface area contributed by atoms with Crippen LogP contribution in [-0.4, -0.2) is 15.9 Å². The summed E-state index contributed by atoms with van der Waals surface area (Å²) in [7, 11) is 0. The van der Waals surface area contributed by atoms with E-state index in [1.165, 1.54) is 23.7 Å². The SMILES string of the molecule is O=C(Nc1cc2c(cn1)CCCCC2)c1cncc(C(F)F)c1. The van der Waals surface area contributed by atoms with Crippen molar-refractivity contribution < 1.29 is 13.6 Å². The number of carbonyl (C=O) groups excluding carboxylic acids is 1. The van der Waals surface area contributed by atoms with E-state index in [1.54, 1.807) is 6.20 Å². The average molecular weight is 317 g/mol. The number of aromatic nitrogens is 2. The molecule has 0 fully saturated rings. The summed E-state index contributed by atoms with van der Waals surface area (Å²) in [6.07, 6.45) is 6.94. The van der Waals surface area contributed by atoms with Gasteiger partial charge >= 0.3 is 0 Å². The molecule has 0 saturated heterocycles. The van der Waals surface area contributed by atoms with Gasteiger partial charge in [0.2, 0.25) is 0 Å². The highest BCUT2D eigenvalue weighted by Crippen LogP contribution is 2.23. The van der Waals surface area contributed by atoms with Crippen LogP contribution in [0, 0.1) is 0 Å². The van der Waals surface area contributed by atoms with Crippen molar-refractivity contribution in [2.45, 2.75) is 38.5 Å². The highest BCUT2D eigenvalue weighted by atomic mass is 19.3. The monoisotopic (exact) mass is 317 g/mol. The maximum atomic E-state index is 12.7. The molecule has 1 aliphatic rings. The minimum Gasteiger partial charge on any atom is -0.307 e. The third kappa shape index (κ3) is 3.70. The molecular formula is C17H17F2N3O. The number of hydrogen-bond donors (Lipinski definition) is 1.